The molecule has 0 unspecified atom stereocenters. The molecule has 1 aliphatic rings. The lowest BCUT2D eigenvalue weighted by atomic mass is 9.94. The molecule has 6 nitrogen and oxygen atoms in total. The van der Waals surface area contributed by atoms with Gasteiger partial charge in [0, 0.05) is 22.8 Å². The number of phenolic OH excluding ortho intramolecular Hbond substituents is 1. The van der Waals surface area contributed by atoms with E-state index in [1.54, 1.807) is 29.2 Å². The minimum atomic E-state index is -1.05. The number of nitrogens with zero attached hydrogens (tertiary/aromatic N) is 1. The third-order valence-corrected chi connectivity index (χ3v) is 6.62. The summed E-state index contributed by atoms with van der Waals surface area (Å²) in [7, 11) is 1.46. The number of aliphatic carboxylic acids is 1. The molecular formula is C23H26ClNO5S. The summed E-state index contributed by atoms with van der Waals surface area (Å²) in [5, 5.41) is 19.0. The largest absolute Gasteiger partial charge is 0.504 e. The number of amides is 1. The van der Waals surface area contributed by atoms with Crippen molar-refractivity contribution in [2.45, 2.75) is 37.7 Å². The van der Waals surface area contributed by atoms with Gasteiger partial charge in [0.05, 0.1) is 24.0 Å². The van der Waals surface area contributed by atoms with Crippen molar-refractivity contribution in [3.63, 3.8) is 0 Å². The molecule has 31 heavy (non-hydrogen) atoms. The maximum Gasteiger partial charge on any atom is 0.305 e. The first-order valence-electron chi connectivity index (χ1n) is 9.86. The smallest absolute Gasteiger partial charge is 0.305 e. The van der Waals surface area contributed by atoms with Gasteiger partial charge in [-0.1, -0.05) is 44.5 Å². The summed E-state index contributed by atoms with van der Waals surface area (Å²) in [4.78, 5) is 26.8. The number of anilines is 1. The van der Waals surface area contributed by atoms with E-state index in [4.69, 9.17) is 16.3 Å². The van der Waals surface area contributed by atoms with Crippen LogP contribution in [0.25, 0.3) is 0 Å². The van der Waals surface area contributed by atoms with E-state index in [9.17, 15) is 19.8 Å². The average Bonchev–Trinajstić information content (AvgIpc) is 2.77. The number of carbonyl (C=O) groups is 2. The molecule has 0 radical (unpaired) electrons. The highest BCUT2D eigenvalue weighted by atomic mass is 35.5. The number of carboxylic acid groups (broad SMARTS) is 1. The van der Waals surface area contributed by atoms with Gasteiger partial charge in [-0.05, 0) is 35.2 Å². The maximum absolute atomic E-state index is 13.5. The molecule has 0 aliphatic carbocycles. The standard InChI is InChI=1S/C23H26ClNO5S/c1-23(2,3)12-25-16-9-8-13(24)10-15(16)21(31-18(22(25)29)11-19(27)28)14-6-5-7-17(26)20(14)30-4/h5-10,18,21,26H,11-12H2,1-4H3,(H,27,28)/t18-,21-/m1/s1. The molecule has 2 aromatic rings. The minimum Gasteiger partial charge on any atom is -0.504 e. The molecule has 0 spiro atoms. The van der Waals surface area contributed by atoms with Crippen molar-refractivity contribution < 1.29 is 24.5 Å². The summed E-state index contributed by atoms with van der Waals surface area (Å²) < 4.78 is 5.45. The van der Waals surface area contributed by atoms with E-state index in [-0.39, 0.29) is 29.2 Å². The van der Waals surface area contributed by atoms with Crippen LogP contribution in [0.3, 0.4) is 0 Å². The van der Waals surface area contributed by atoms with Crippen LogP contribution >= 0.6 is 23.4 Å². The predicted octanol–water partition coefficient (Wildman–Crippen LogP) is 5.11. The van der Waals surface area contributed by atoms with Gasteiger partial charge in [0.1, 0.15) is 0 Å². The fraction of sp³-hybridized carbons (Fsp3) is 0.391. The molecule has 0 saturated carbocycles. The van der Waals surface area contributed by atoms with Crippen molar-refractivity contribution in [1.82, 2.24) is 0 Å². The van der Waals surface area contributed by atoms with E-state index in [1.807, 2.05) is 26.8 Å². The minimum absolute atomic E-state index is 0.0268. The quantitative estimate of drug-likeness (QED) is 0.640. The van der Waals surface area contributed by atoms with Crippen LogP contribution < -0.4 is 9.64 Å². The first kappa shape index (κ1) is 23.3. The van der Waals surface area contributed by atoms with Crippen molar-refractivity contribution in [2.75, 3.05) is 18.6 Å². The molecule has 8 heteroatoms. The third-order valence-electron chi connectivity index (χ3n) is 4.91. The lowest BCUT2D eigenvalue weighted by Gasteiger charge is -2.31. The number of fused-ring (bicyclic) bond motifs is 1. The van der Waals surface area contributed by atoms with Crippen molar-refractivity contribution in [1.29, 1.82) is 0 Å². The van der Waals surface area contributed by atoms with Crippen LogP contribution in [0, 0.1) is 5.41 Å². The zero-order valence-electron chi connectivity index (χ0n) is 17.9. The number of rotatable bonds is 5. The van der Waals surface area contributed by atoms with E-state index in [0.29, 0.717) is 22.8 Å². The van der Waals surface area contributed by atoms with E-state index in [0.717, 1.165) is 5.56 Å². The molecule has 1 amide bonds. The number of thioether (sulfide) groups is 1. The Bertz CT molecular complexity index is 1000. The van der Waals surface area contributed by atoms with Crippen LogP contribution in [-0.2, 0) is 9.59 Å². The van der Waals surface area contributed by atoms with E-state index in [1.165, 1.54) is 24.9 Å². The average molecular weight is 464 g/mol. The fourth-order valence-electron chi connectivity index (χ4n) is 3.71. The van der Waals surface area contributed by atoms with Gasteiger partial charge in [0.15, 0.2) is 11.5 Å². The molecule has 2 atom stereocenters. The Hall–Kier alpha value is -2.38. The number of carboxylic acids is 1. The second kappa shape index (κ2) is 9.01. The van der Waals surface area contributed by atoms with Crippen LogP contribution in [-0.4, -0.2) is 41.0 Å². The Kier molecular flexibility index (Phi) is 6.76. The predicted molar refractivity (Wildman–Crippen MR) is 123 cm³/mol. The monoisotopic (exact) mass is 463 g/mol. The Morgan fingerprint density at radius 1 is 1.23 bits per heavy atom. The summed E-state index contributed by atoms with van der Waals surface area (Å²) in [6, 6.07) is 10.3. The topological polar surface area (TPSA) is 87.1 Å². The highest BCUT2D eigenvalue weighted by Gasteiger charge is 2.39. The molecule has 1 aliphatic heterocycles. The number of hydrogen-bond acceptors (Lipinski definition) is 5. The molecule has 0 aromatic heterocycles. The molecule has 0 bridgehead atoms. The molecule has 1 heterocycles. The number of halogens is 1. The lowest BCUT2D eigenvalue weighted by molar-refractivity contribution is -0.138. The van der Waals surface area contributed by atoms with Crippen molar-refractivity contribution >= 4 is 40.9 Å². The van der Waals surface area contributed by atoms with E-state index < -0.39 is 16.5 Å². The molecule has 2 N–H and O–H groups in total. The van der Waals surface area contributed by atoms with Gasteiger partial charge in [-0.15, -0.1) is 11.8 Å². The summed E-state index contributed by atoms with van der Waals surface area (Å²) >= 11 is 7.58. The third kappa shape index (κ3) is 5.10. The van der Waals surface area contributed by atoms with Crippen LogP contribution in [0.2, 0.25) is 5.02 Å². The Labute approximate surface area is 191 Å². The lowest BCUT2D eigenvalue weighted by Crippen LogP contribution is -2.42. The maximum atomic E-state index is 13.5. The van der Waals surface area contributed by atoms with Gasteiger partial charge in [0.2, 0.25) is 5.91 Å². The molecular weight excluding hydrogens is 438 g/mol. The van der Waals surface area contributed by atoms with E-state index in [2.05, 4.69) is 0 Å². The van der Waals surface area contributed by atoms with Crippen molar-refractivity contribution in [3.05, 3.63) is 52.5 Å². The number of methoxy groups -OCH3 is 1. The number of aromatic hydroxyl groups is 1. The van der Waals surface area contributed by atoms with Crippen molar-refractivity contribution in [2.24, 2.45) is 5.41 Å². The fourth-order valence-corrected chi connectivity index (χ4v) is 5.37. The van der Waals surface area contributed by atoms with Crippen LogP contribution in [0.15, 0.2) is 36.4 Å². The molecule has 166 valence electrons. The van der Waals surface area contributed by atoms with Crippen LogP contribution in [0.4, 0.5) is 5.69 Å². The summed E-state index contributed by atoms with van der Waals surface area (Å²) in [5.41, 5.74) is 1.89. The molecule has 0 fully saturated rings. The highest BCUT2D eigenvalue weighted by Crippen LogP contribution is 2.51. The van der Waals surface area contributed by atoms with Crippen LogP contribution in [0.5, 0.6) is 11.5 Å². The summed E-state index contributed by atoms with van der Waals surface area (Å²) in [6.45, 7) is 6.49. The molecule has 3 rings (SSSR count). The number of carbonyl (C=O) groups excluding carboxylic acids is 1. The van der Waals surface area contributed by atoms with Gasteiger partial charge >= 0.3 is 5.97 Å². The SMILES string of the molecule is COc1c(O)cccc1[C@H]1S[C@H](CC(=O)O)C(=O)N(CC(C)(C)C)c2ccc(Cl)cc21. The Morgan fingerprint density at radius 3 is 2.55 bits per heavy atom. The van der Waals surface area contributed by atoms with Crippen LogP contribution in [0.1, 0.15) is 43.6 Å². The van der Waals surface area contributed by atoms with Gasteiger partial charge in [-0.3, -0.25) is 9.59 Å². The first-order valence-corrected chi connectivity index (χ1v) is 11.2. The second-order valence-corrected chi connectivity index (χ2v) is 10.4. The number of phenols is 1. The zero-order chi connectivity index (χ0) is 22.9. The molecule has 0 saturated heterocycles. The Morgan fingerprint density at radius 2 is 1.94 bits per heavy atom. The number of para-hydroxylation sites is 1. The molecule has 2 aromatic carbocycles. The van der Waals surface area contributed by atoms with Gasteiger partial charge in [-0.2, -0.15) is 0 Å². The normalized spacial score (nSPS) is 19.0. The second-order valence-electron chi connectivity index (χ2n) is 8.69. The summed E-state index contributed by atoms with van der Waals surface area (Å²) in [5.74, 6) is -1.04. The highest BCUT2D eigenvalue weighted by molar-refractivity contribution is 8.01. The zero-order valence-corrected chi connectivity index (χ0v) is 19.5. The van der Waals surface area contributed by atoms with Gasteiger partial charge in [-0.25, -0.2) is 0 Å². The number of hydrogen-bond donors (Lipinski definition) is 2. The van der Waals surface area contributed by atoms with Gasteiger partial charge in [0.25, 0.3) is 0 Å². The van der Waals surface area contributed by atoms with Crippen molar-refractivity contribution in [3.8, 4) is 11.5 Å². The first-order chi connectivity index (χ1) is 14.5. The Balaban J connectivity index is 2.26. The summed E-state index contributed by atoms with van der Waals surface area (Å²) in [6.07, 6.45) is -0.316. The number of ether oxygens (including phenoxy) is 1. The number of benzene rings is 2. The van der Waals surface area contributed by atoms with Gasteiger partial charge < -0.3 is 19.8 Å². The van der Waals surface area contributed by atoms with E-state index >= 15 is 0 Å².